The number of hydrogen-bond acceptors (Lipinski definition) is 4. The van der Waals surface area contributed by atoms with Gasteiger partial charge in [-0.3, -0.25) is 4.79 Å². The minimum Gasteiger partial charge on any atom is -0.481 e. The van der Waals surface area contributed by atoms with Crippen LogP contribution in [0.15, 0.2) is 60.7 Å². The van der Waals surface area contributed by atoms with Gasteiger partial charge in [-0.2, -0.15) is 0 Å². The van der Waals surface area contributed by atoms with Crippen molar-refractivity contribution in [3.8, 4) is 0 Å². The highest BCUT2D eigenvalue weighted by Crippen LogP contribution is 2.68. The smallest absolute Gasteiger partial charge is 0.311 e. The molecule has 2 aromatic carbocycles. The lowest BCUT2D eigenvalue weighted by atomic mass is 9.84. The van der Waals surface area contributed by atoms with E-state index in [-0.39, 0.29) is 12.0 Å². The number of benzene rings is 2. The largest absolute Gasteiger partial charge is 0.481 e. The van der Waals surface area contributed by atoms with Gasteiger partial charge in [-0.25, -0.2) is 0 Å². The standard InChI is InChI=1S/C25H33NO4/c26-20-25(23(27)28)19-24(25,13-7-15-29-17-21-9-3-1-4-10-21)14-8-16-30-18-22-11-5-2-6-12-22/h1-6,9-12H,7-8,13-20,26H2,(H,27,28). The number of ether oxygens (including phenoxy) is 2. The number of rotatable bonds is 14. The first-order valence-corrected chi connectivity index (χ1v) is 10.8. The molecule has 0 amide bonds. The second kappa shape index (κ2) is 10.7. The van der Waals surface area contributed by atoms with E-state index in [0.717, 1.165) is 36.8 Å². The Morgan fingerprint density at radius 2 is 1.33 bits per heavy atom. The lowest BCUT2D eigenvalue weighted by Gasteiger charge is -2.22. The summed E-state index contributed by atoms with van der Waals surface area (Å²) in [4.78, 5) is 11.9. The van der Waals surface area contributed by atoms with Crippen molar-refractivity contribution < 1.29 is 19.4 Å². The minimum absolute atomic E-state index is 0.193. The monoisotopic (exact) mass is 411 g/mol. The number of carboxylic acid groups (broad SMARTS) is 1. The van der Waals surface area contributed by atoms with E-state index in [1.807, 2.05) is 60.7 Å². The summed E-state index contributed by atoms with van der Waals surface area (Å²) in [5, 5.41) is 9.80. The van der Waals surface area contributed by atoms with Crippen molar-refractivity contribution in [3.63, 3.8) is 0 Å². The van der Waals surface area contributed by atoms with Crippen LogP contribution in [0.25, 0.3) is 0 Å². The number of aliphatic carboxylic acids is 1. The third-order valence-corrected chi connectivity index (χ3v) is 6.40. The molecule has 3 rings (SSSR count). The Kier molecular flexibility index (Phi) is 8.02. The molecule has 3 N–H and O–H groups in total. The van der Waals surface area contributed by atoms with E-state index in [4.69, 9.17) is 15.2 Å². The normalized spacial score (nSPS) is 19.5. The van der Waals surface area contributed by atoms with Gasteiger partial charge in [0.25, 0.3) is 0 Å². The maximum absolute atomic E-state index is 11.9. The lowest BCUT2D eigenvalue weighted by Crippen LogP contribution is -2.32. The Bertz CT molecular complexity index is 731. The van der Waals surface area contributed by atoms with Crippen molar-refractivity contribution in [2.24, 2.45) is 16.6 Å². The van der Waals surface area contributed by atoms with Crippen LogP contribution in [0.2, 0.25) is 0 Å². The van der Waals surface area contributed by atoms with Crippen LogP contribution in [-0.2, 0) is 27.5 Å². The highest BCUT2D eigenvalue weighted by molar-refractivity contribution is 5.80. The van der Waals surface area contributed by atoms with Crippen molar-refractivity contribution in [1.29, 1.82) is 0 Å². The van der Waals surface area contributed by atoms with Gasteiger partial charge in [-0.1, -0.05) is 60.7 Å². The second-order valence-corrected chi connectivity index (χ2v) is 8.33. The van der Waals surface area contributed by atoms with Gasteiger partial charge in [0.05, 0.1) is 18.6 Å². The zero-order valence-electron chi connectivity index (χ0n) is 17.6. The first-order valence-electron chi connectivity index (χ1n) is 10.8. The molecule has 1 aliphatic rings. The van der Waals surface area contributed by atoms with Crippen LogP contribution in [0.3, 0.4) is 0 Å². The van der Waals surface area contributed by atoms with Crippen LogP contribution in [-0.4, -0.2) is 30.8 Å². The molecule has 0 heterocycles. The Morgan fingerprint density at radius 1 is 0.867 bits per heavy atom. The summed E-state index contributed by atoms with van der Waals surface area (Å²) >= 11 is 0. The quantitative estimate of drug-likeness (QED) is 0.450. The molecular formula is C25H33NO4. The summed E-state index contributed by atoms with van der Waals surface area (Å²) in [5.74, 6) is -0.764. The predicted octanol–water partition coefficient (Wildman–Crippen LogP) is 4.40. The molecule has 5 nitrogen and oxygen atoms in total. The molecule has 0 aromatic heterocycles. The van der Waals surface area contributed by atoms with Gasteiger partial charge in [-0.05, 0) is 48.6 Å². The van der Waals surface area contributed by atoms with Crippen LogP contribution in [0, 0.1) is 10.8 Å². The molecule has 5 heteroatoms. The predicted molar refractivity (Wildman–Crippen MR) is 117 cm³/mol. The average molecular weight is 412 g/mol. The molecule has 1 atom stereocenters. The first-order chi connectivity index (χ1) is 14.6. The topological polar surface area (TPSA) is 81.8 Å². The minimum atomic E-state index is -0.786. The summed E-state index contributed by atoms with van der Waals surface area (Å²) in [5.41, 5.74) is 7.19. The Labute approximate surface area is 179 Å². The highest BCUT2D eigenvalue weighted by atomic mass is 16.5. The van der Waals surface area contributed by atoms with Crippen molar-refractivity contribution >= 4 is 5.97 Å². The number of hydrogen-bond donors (Lipinski definition) is 2. The molecule has 162 valence electrons. The number of nitrogens with two attached hydrogens (primary N) is 1. The maximum Gasteiger partial charge on any atom is 0.311 e. The van der Waals surface area contributed by atoms with E-state index in [1.54, 1.807) is 0 Å². The fraction of sp³-hybridized carbons (Fsp3) is 0.480. The average Bonchev–Trinajstić information content (AvgIpc) is 3.44. The lowest BCUT2D eigenvalue weighted by molar-refractivity contribution is -0.144. The number of carbonyl (C=O) groups is 1. The SMILES string of the molecule is NCC1(C(=O)O)CC1(CCCOCc1ccccc1)CCCOCc1ccccc1. The molecule has 1 unspecified atom stereocenters. The zero-order valence-corrected chi connectivity index (χ0v) is 17.6. The van der Waals surface area contributed by atoms with E-state index >= 15 is 0 Å². The van der Waals surface area contributed by atoms with E-state index in [9.17, 15) is 9.90 Å². The van der Waals surface area contributed by atoms with Gasteiger partial charge in [0, 0.05) is 19.8 Å². The van der Waals surface area contributed by atoms with Crippen molar-refractivity contribution in [1.82, 2.24) is 0 Å². The van der Waals surface area contributed by atoms with Gasteiger partial charge in [0.2, 0.25) is 0 Å². The van der Waals surface area contributed by atoms with E-state index < -0.39 is 11.4 Å². The maximum atomic E-state index is 11.9. The molecule has 1 aliphatic carbocycles. The van der Waals surface area contributed by atoms with Gasteiger partial charge in [0.15, 0.2) is 0 Å². The molecule has 0 aliphatic heterocycles. The molecule has 0 saturated heterocycles. The van der Waals surface area contributed by atoms with Gasteiger partial charge >= 0.3 is 5.97 Å². The molecule has 0 radical (unpaired) electrons. The summed E-state index contributed by atoms with van der Waals surface area (Å²) in [6, 6.07) is 20.2. The van der Waals surface area contributed by atoms with Crippen LogP contribution in [0.1, 0.15) is 43.2 Å². The fourth-order valence-corrected chi connectivity index (χ4v) is 4.55. The Morgan fingerprint density at radius 3 is 1.70 bits per heavy atom. The van der Waals surface area contributed by atoms with Crippen molar-refractivity contribution in [2.75, 3.05) is 19.8 Å². The van der Waals surface area contributed by atoms with Gasteiger partial charge < -0.3 is 20.3 Å². The Hall–Kier alpha value is -2.21. The molecule has 30 heavy (non-hydrogen) atoms. The number of carboxylic acids is 1. The van der Waals surface area contributed by atoms with Crippen LogP contribution in [0.5, 0.6) is 0 Å². The molecule has 0 bridgehead atoms. The first kappa shape index (κ1) is 22.5. The summed E-state index contributed by atoms with van der Waals surface area (Å²) in [7, 11) is 0. The summed E-state index contributed by atoms with van der Waals surface area (Å²) in [6.45, 7) is 2.62. The van der Waals surface area contributed by atoms with E-state index in [2.05, 4.69) is 0 Å². The molecule has 2 aromatic rings. The van der Waals surface area contributed by atoms with Crippen molar-refractivity contribution in [3.05, 3.63) is 71.8 Å². The summed E-state index contributed by atoms with van der Waals surface area (Å²) < 4.78 is 11.6. The van der Waals surface area contributed by atoms with E-state index in [1.165, 1.54) is 0 Å². The molecule has 1 fully saturated rings. The second-order valence-electron chi connectivity index (χ2n) is 8.33. The Balaban J connectivity index is 1.43. The van der Waals surface area contributed by atoms with Crippen LogP contribution < -0.4 is 5.73 Å². The van der Waals surface area contributed by atoms with Crippen LogP contribution >= 0.6 is 0 Å². The molecule has 0 spiro atoms. The third kappa shape index (κ3) is 5.48. The third-order valence-electron chi connectivity index (χ3n) is 6.40. The van der Waals surface area contributed by atoms with Crippen molar-refractivity contribution in [2.45, 2.75) is 45.3 Å². The zero-order chi connectivity index (χ0) is 21.3. The molecular weight excluding hydrogens is 378 g/mol. The highest BCUT2D eigenvalue weighted by Gasteiger charge is 2.69. The van der Waals surface area contributed by atoms with Gasteiger partial charge in [0.1, 0.15) is 0 Å². The van der Waals surface area contributed by atoms with Gasteiger partial charge in [-0.15, -0.1) is 0 Å². The van der Waals surface area contributed by atoms with E-state index in [0.29, 0.717) is 32.8 Å². The molecule has 1 saturated carbocycles. The summed E-state index contributed by atoms with van der Waals surface area (Å²) in [6.07, 6.45) is 3.98. The van der Waals surface area contributed by atoms with Crippen LogP contribution in [0.4, 0.5) is 0 Å². The fourth-order valence-electron chi connectivity index (χ4n) is 4.55.